The Balaban J connectivity index is 1.22. The molecule has 0 spiro atoms. The van der Waals surface area contributed by atoms with Crippen molar-refractivity contribution in [1.82, 2.24) is 15.5 Å². The fraction of sp³-hybridized carbons (Fsp3) is 0.522. The first kappa shape index (κ1) is 21.6. The number of carbonyl (C=O) groups excluding carboxylic acids is 5. The Morgan fingerprint density at radius 1 is 1.09 bits per heavy atom. The van der Waals surface area contributed by atoms with Crippen molar-refractivity contribution in [2.75, 3.05) is 19.8 Å². The van der Waals surface area contributed by atoms with E-state index in [0.717, 1.165) is 43.8 Å². The lowest BCUT2D eigenvalue weighted by Gasteiger charge is -2.31. The van der Waals surface area contributed by atoms with Gasteiger partial charge in [0.1, 0.15) is 11.8 Å². The summed E-state index contributed by atoms with van der Waals surface area (Å²) in [6.45, 7) is 1.23. The molecular formula is C23H25N3O7. The number of nitrogens with one attached hydrogen (secondary N) is 2. The molecule has 10 nitrogen and oxygen atoms in total. The van der Waals surface area contributed by atoms with Gasteiger partial charge in [-0.3, -0.25) is 34.2 Å². The molecule has 1 aliphatic carbocycles. The normalized spacial score (nSPS) is 24.4. The lowest BCUT2D eigenvalue weighted by Crippen LogP contribution is -2.54. The van der Waals surface area contributed by atoms with Crippen molar-refractivity contribution in [2.24, 2.45) is 5.92 Å². The minimum atomic E-state index is -1.02. The Hall–Kier alpha value is -3.27. The summed E-state index contributed by atoms with van der Waals surface area (Å²) in [7, 11) is 0. The quantitative estimate of drug-likeness (QED) is 0.599. The van der Waals surface area contributed by atoms with Crippen molar-refractivity contribution < 1.29 is 33.4 Å². The van der Waals surface area contributed by atoms with Crippen molar-refractivity contribution in [1.29, 1.82) is 0 Å². The molecule has 10 heteroatoms. The average molecular weight is 455 g/mol. The fourth-order valence-electron chi connectivity index (χ4n) is 5.02. The van der Waals surface area contributed by atoms with Gasteiger partial charge in [-0.2, -0.15) is 0 Å². The maximum Gasteiger partial charge on any atom is 0.262 e. The molecule has 33 heavy (non-hydrogen) atoms. The van der Waals surface area contributed by atoms with Gasteiger partial charge in [0.2, 0.25) is 11.8 Å². The van der Waals surface area contributed by atoms with E-state index in [1.54, 1.807) is 0 Å². The summed E-state index contributed by atoms with van der Waals surface area (Å²) in [6.07, 6.45) is 3.93. The Kier molecular flexibility index (Phi) is 5.40. The third kappa shape index (κ3) is 3.99. The van der Waals surface area contributed by atoms with Gasteiger partial charge in [0.25, 0.3) is 17.7 Å². The number of hydrogen-bond acceptors (Lipinski definition) is 7. The lowest BCUT2D eigenvalue weighted by molar-refractivity contribution is -0.136. The van der Waals surface area contributed by atoms with Gasteiger partial charge in [-0.15, -0.1) is 0 Å². The van der Waals surface area contributed by atoms with Gasteiger partial charge in [-0.25, -0.2) is 0 Å². The first-order valence-corrected chi connectivity index (χ1v) is 11.3. The van der Waals surface area contributed by atoms with E-state index >= 15 is 0 Å². The topological polar surface area (TPSA) is 131 Å². The predicted molar refractivity (Wildman–Crippen MR) is 112 cm³/mol. The van der Waals surface area contributed by atoms with Crippen LogP contribution in [0, 0.1) is 5.92 Å². The Morgan fingerprint density at radius 3 is 2.52 bits per heavy atom. The maximum atomic E-state index is 12.9. The summed E-state index contributed by atoms with van der Waals surface area (Å²) in [5.74, 6) is -1.81. The van der Waals surface area contributed by atoms with Crippen molar-refractivity contribution in [3.8, 4) is 5.75 Å². The Morgan fingerprint density at radius 2 is 1.82 bits per heavy atom. The monoisotopic (exact) mass is 455 g/mol. The maximum absolute atomic E-state index is 12.9. The zero-order chi connectivity index (χ0) is 23.2. The van der Waals surface area contributed by atoms with Crippen LogP contribution in [0.25, 0.3) is 0 Å². The van der Waals surface area contributed by atoms with Crippen LogP contribution in [0.3, 0.4) is 0 Å². The molecule has 2 saturated heterocycles. The number of ether oxygens (including phenoxy) is 2. The predicted octanol–water partition coefficient (Wildman–Crippen LogP) is 0.542. The second kappa shape index (κ2) is 8.26. The number of hydrogen-bond donors (Lipinski definition) is 2. The molecule has 1 saturated carbocycles. The highest BCUT2D eigenvalue weighted by Crippen LogP contribution is 2.46. The molecule has 3 heterocycles. The molecule has 0 bridgehead atoms. The Labute approximate surface area is 190 Å². The zero-order valence-electron chi connectivity index (χ0n) is 18.1. The molecule has 4 aliphatic rings. The molecular weight excluding hydrogens is 430 g/mol. The van der Waals surface area contributed by atoms with E-state index in [0.29, 0.717) is 5.92 Å². The number of rotatable bonds is 6. The van der Waals surface area contributed by atoms with Gasteiger partial charge in [-0.1, -0.05) is 0 Å². The summed E-state index contributed by atoms with van der Waals surface area (Å²) in [4.78, 5) is 62.6. The number of piperidine rings is 1. The third-order valence-corrected chi connectivity index (χ3v) is 6.96. The van der Waals surface area contributed by atoms with Crippen LogP contribution in [-0.2, 0) is 19.1 Å². The lowest BCUT2D eigenvalue weighted by atomic mass is 9.89. The highest BCUT2D eigenvalue weighted by Gasteiger charge is 2.50. The van der Waals surface area contributed by atoms with Gasteiger partial charge in [0.05, 0.1) is 11.1 Å². The molecule has 3 aliphatic heterocycles. The molecule has 2 N–H and O–H groups in total. The van der Waals surface area contributed by atoms with E-state index in [1.807, 2.05) is 0 Å². The third-order valence-electron chi connectivity index (χ3n) is 6.96. The van der Waals surface area contributed by atoms with E-state index in [9.17, 15) is 24.0 Å². The molecule has 1 aromatic carbocycles. The smallest absolute Gasteiger partial charge is 0.262 e. The molecule has 3 fully saturated rings. The van der Waals surface area contributed by atoms with Crippen LogP contribution < -0.4 is 15.4 Å². The van der Waals surface area contributed by atoms with Gasteiger partial charge >= 0.3 is 0 Å². The summed E-state index contributed by atoms with van der Waals surface area (Å²) in [5, 5.41) is 5.28. The van der Waals surface area contributed by atoms with E-state index in [2.05, 4.69) is 10.6 Å². The molecule has 174 valence electrons. The van der Waals surface area contributed by atoms with E-state index in [4.69, 9.17) is 9.47 Å². The van der Waals surface area contributed by atoms with Crippen LogP contribution in [0.1, 0.15) is 59.2 Å². The van der Waals surface area contributed by atoms with Gasteiger partial charge in [-0.05, 0) is 56.2 Å². The van der Waals surface area contributed by atoms with Crippen LogP contribution in [0.5, 0.6) is 5.75 Å². The molecule has 5 rings (SSSR count). The van der Waals surface area contributed by atoms with Crippen LogP contribution >= 0.6 is 0 Å². The highest BCUT2D eigenvalue weighted by molar-refractivity contribution is 6.23. The fourth-order valence-corrected chi connectivity index (χ4v) is 5.02. The van der Waals surface area contributed by atoms with Gasteiger partial charge < -0.3 is 14.8 Å². The minimum absolute atomic E-state index is 0.0582. The first-order chi connectivity index (χ1) is 15.9. The van der Waals surface area contributed by atoms with Crippen LogP contribution in [0.4, 0.5) is 0 Å². The van der Waals surface area contributed by atoms with Crippen molar-refractivity contribution in [2.45, 2.75) is 50.1 Å². The molecule has 5 amide bonds. The second-order valence-corrected chi connectivity index (χ2v) is 9.03. The summed E-state index contributed by atoms with van der Waals surface area (Å²) >= 11 is 0. The zero-order valence-corrected chi connectivity index (χ0v) is 18.1. The van der Waals surface area contributed by atoms with Crippen molar-refractivity contribution in [3.05, 3.63) is 29.3 Å². The average Bonchev–Trinajstić information content (AvgIpc) is 3.55. The van der Waals surface area contributed by atoms with Crippen LogP contribution in [-0.4, -0.2) is 65.8 Å². The number of benzene rings is 1. The van der Waals surface area contributed by atoms with Crippen LogP contribution in [0.2, 0.25) is 0 Å². The Bertz CT molecular complexity index is 1040. The van der Waals surface area contributed by atoms with Gasteiger partial charge in [0, 0.05) is 25.2 Å². The summed E-state index contributed by atoms with van der Waals surface area (Å²) in [6, 6.07) is 3.38. The SMILES string of the molecule is O=C1CCC(N2C(=O)c3ccc(OCC(=O)NC4(C5CCOCC5)CC4)cc3C2=O)C(=O)N1. The number of nitrogens with zero attached hydrogens (tertiary/aromatic N) is 1. The molecule has 1 unspecified atom stereocenters. The highest BCUT2D eigenvalue weighted by atomic mass is 16.5. The second-order valence-electron chi connectivity index (χ2n) is 9.03. The first-order valence-electron chi connectivity index (χ1n) is 11.3. The molecule has 1 aromatic rings. The molecule has 0 radical (unpaired) electrons. The number of fused-ring (bicyclic) bond motifs is 1. The largest absolute Gasteiger partial charge is 0.484 e. The number of carbonyl (C=O) groups is 5. The van der Waals surface area contributed by atoms with Gasteiger partial charge in [0.15, 0.2) is 6.61 Å². The summed E-state index contributed by atoms with van der Waals surface area (Å²) in [5.41, 5.74) is 0.119. The van der Waals surface area contributed by atoms with Crippen molar-refractivity contribution >= 4 is 29.5 Å². The standard InChI is InChI=1S/C23H25N3O7/c27-18-4-3-17(20(29)24-18)26-21(30)15-2-1-14(11-16(15)22(26)31)33-12-19(28)25-23(7-8-23)13-5-9-32-10-6-13/h1-2,11,13,17H,3-10,12H2,(H,25,28)(H,24,27,29). The van der Waals surface area contributed by atoms with E-state index in [-0.39, 0.29) is 47.8 Å². The van der Waals surface area contributed by atoms with E-state index < -0.39 is 29.7 Å². The molecule has 1 atom stereocenters. The van der Waals surface area contributed by atoms with E-state index in [1.165, 1.54) is 18.2 Å². The molecule has 0 aromatic heterocycles. The number of amides is 5. The van der Waals surface area contributed by atoms with Crippen molar-refractivity contribution in [3.63, 3.8) is 0 Å². The minimum Gasteiger partial charge on any atom is -0.484 e. The number of imide groups is 2. The summed E-state index contributed by atoms with van der Waals surface area (Å²) < 4.78 is 11.0. The van der Waals surface area contributed by atoms with Crippen LogP contribution in [0.15, 0.2) is 18.2 Å².